The molecule has 0 saturated heterocycles. The van der Waals surface area contributed by atoms with E-state index in [1.165, 1.54) is 16.7 Å². The number of pyridine rings is 1. The summed E-state index contributed by atoms with van der Waals surface area (Å²) < 4.78 is 14.6. The second kappa shape index (κ2) is 4.49. The van der Waals surface area contributed by atoms with Crippen molar-refractivity contribution in [2.24, 2.45) is 0 Å². The highest BCUT2D eigenvalue weighted by Crippen LogP contribution is 2.19. The van der Waals surface area contributed by atoms with Crippen LogP contribution in [0.1, 0.15) is 5.56 Å². The van der Waals surface area contributed by atoms with Crippen molar-refractivity contribution in [3.05, 3.63) is 69.4 Å². The third kappa shape index (κ3) is 2.14. The van der Waals surface area contributed by atoms with Gasteiger partial charge in [0.1, 0.15) is 5.82 Å². The molecule has 1 aromatic heterocycles. The van der Waals surface area contributed by atoms with Gasteiger partial charge in [0, 0.05) is 12.3 Å². The van der Waals surface area contributed by atoms with E-state index in [2.05, 4.69) is 0 Å². The first-order valence-electron chi connectivity index (χ1n) is 4.77. The van der Waals surface area contributed by atoms with Gasteiger partial charge < -0.3 is 4.57 Å². The maximum Gasteiger partial charge on any atom is 0.250 e. The predicted molar refractivity (Wildman–Crippen MR) is 61.2 cm³/mol. The van der Waals surface area contributed by atoms with Crippen molar-refractivity contribution in [2.75, 3.05) is 0 Å². The molecule has 0 spiro atoms. The van der Waals surface area contributed by atoms with Crippen molar-refractivity contribution in [3.63, 3.8) is 0 Å². The molecule has 82 valence electrons. The quantitative estimate of drug-likeness (QED) is 0.787. The van der Waals surface area contributed by atoms with Gasteiger partial charge in [0.15, 0.2) is 0 Å². The van der Waals surface area contributed by atoms with Gasteiger partial charge in [-0.3, -0.25) is 4.79 Å². The number of hydrogen-bond acceptors (Lipinski definition) is 1. The third-order valence-corrected chi connectivity index (χ3v) is 2.69. The maximum absolute atomic E-state index is 13.2. The molecule has 0 aliphatic carbocycles. The summed E-state index contributed by atoms with van der Waals surface area (Å²) in [6.07, 6.45) is 1.64. The van der Waals surface area contributed by atoms with Gasteiger partial charge in [-0.2, -0.15) is 0 Å². The molecule has 4 heteroatoms. The van der Waals surface area contributed by atoms with Crippen LogP contribution in [0.5, 0.6) is 0 Å². The normalized spacial score (nSPS) is 10.4. The Kier molecular flexibility index (Phi) is 3.06. The second-order valence-electron chi connectivity index (χ2n) is 3.38. The van der Waals surface area contributed by atoms with Crippen LogP contribution in [0.4, 0.5) is 4.39 Å². The molecule has 16 heavy (non-hydrogen) atoms. The van der Waals surface area contributed by atoms with Crippen molar-refractivity contribution >= 4 is 11.6 Å². The van der Waals surface area contributed by atoms with Crippen molar-refractivity contribution in [3.8, 4) is 0 Å². The van der Waals surface area contributed by atoms with Gasteiger partial charge in [-0.1, -0.05) is 29.8 Å². The zero-order valence-corrected chi connectivity index (χ0v) is 9.12. The highest BCUT2D eigenvalue weighted by Gasteiger charge is 2.06. The Bertz CT molecular complexity index is 565. The lowest BCUT2D eigenvalue weighted by Gasteiger charge is -2.07. The number of benzene rings is 1. The van der Waals surface area contributed by atoms with Crippen molar-refractivity contribution < 1.29 is 4.39 Å². The summed E-state index contributed by atoms with van der Waals surface area (Å²) in [5.41, 5.74) is 0.456. The van der Waals surface area contributed by atoms with Crippen LogP contribution in [-0.2, 0) is 6.54 Å². The molecule has 1 heterocycles. The van der Waals surface area contributed by atoms with Crippen LogP contribution < -0.4 is 5.56 Å². The Labute approximate surface area is 96.9 Å². The molecule has 0 fully saturated rings. The molecule has 2 rings (SSSR count). The number of rotatable bonds is 2. The lowest BCUT2D eigenvalue weighted by molar-refractivity contribution is 0.623. The Morgan fingerprint density at radius 3 is 2.75 bits per heavy atom. The summed E-state index contributed by atoms with van der Waals surface area (Å²) in [4.78, 5) is 11.4. The van der Waals surface area contributed by atoms with Crippen molar-refractivity contribution in [2.45, 2.75) is 6.54 Å². The monoisotopic (exact) mass is 237 g/mol. The molecule has 0 amide bonds. The topological polar surface area (TPSA) is 22.0 Å². The van der Waals surface area contributed by atoms with Gasteiger partial charge in [0.2, 0.25) is 0 Å². The summed E-state index contributed by atoms with van der Waals surface area (Å²) in [6.45, 7) is 0.274. The van der Waals surface area contributed by atoms with E-state index < -0.39 is 5.82 Å². The minimum Gasteiger partial charge on any atom is -0.311 e. The fraction of sp³-hybridized carbons (Fsp3) is 0.0833. The minimum atomic E-state index is -0.469. The summed E-state index contributed by atoms with van der Waals surface area (Å²) >= 11 is 5.81. The highest BCUT2D eigenvalue weighted by molar-refractivity contribution is 6.31. The van der Waals surface area contributed by atoms with Gasteiger partial charge in [0.25, 0.3) is 5.56 Å². The third-order valence-electron chi connectivity index (χ3n) is 2.27. The van der Waals surface area contributed by atoms with E-state index in [9.17, 15) is 9.18 Å². The van der Waals surface area contributed by atoms with E-state index >= 15 is 0 Å². The molecule has 0 radical (unpaired) electrons. The predicted octanol–water partition coefficient (Wildman–Crippen LogP) is 2.69. The van der Waals surface area contributed by atoms with Crippen LogP contribution in [0.25, 0.3) is 0 Å². The van der Waals surface area contributed by atoms with Gasteiger partial charge in [0.05, 0.1) is 11.6 Å². The van der Waals surface area contributed by atoms with Crippen LogP contribution in [0.15, 0.2) is 47.4 Å². The molecule has 0 bridgehead atoms. The molecule has 1 aromatic carbocycles. The Morgan fingerprint density at radius 2 is 2.00 bits per heavy atom. The van der Waals surface area contributed by atoms with E-state index in [4.69, 9.17) is 11.6 Å². The SMILES string of the molecule is O=c1ccccn1Cc1cccc(F)c1Cl. The lowest BCUT2D eigenvalue weighted by atomic mass is 10.2. The van der Waals surface area contributed by atoms with Gasteiger partial charge in [-0.05, 0) is 17.7 Å². The van der Waals surface area contributed by atoms with E-state index in [0.717, 1.165) is 0 Å². The van der Waals surface area contributed by atoms with E-state index in [-0.39, 0.29) is 17.1 Å². The first-order valence-corrected chi connectivity index (χ1v) is 5.14. The van der Waals surface area contributed by atoms with Crippen molar-refractivity contribution in [1.29, 1.82) is 0 Å². The second-order valence-corrected chi connectivity index (χ2v) is 3.76. The summed E-state index contributed by atoms with van der Waals surface area (Å²) in [7, 11) is 0. The fourth-order valence-corrected chi connectivity index (χ4v) is 1.63. The van der Waals surface area contributed by atoms with Crippen molar-refractivity contribution in [1.82, 2.24) is 4.57 Å². The molecule has 0 atom stereocenters. The lowest BCUT2D eigenvalue weighted by Crippen LogP contribution is -2.18. The van der Waals surface area contributed by atoms with Crippen LogP contribution in [0.3, 0.4) is 0 Å². The Morgan fingerprint density at radius 1 is 1.19 bits per heavy atom. The van der Waals surface area contributed by atoms with E-state index in [1.54, 1.807) is 30.5 Å². The van der Waals surface area contributed by atoms with Crippen LogP contribution in [0.2, 0.25) is 5.02 Å². The standard InChI is InChI=1S/C12H9ClFNO/c13-12-9(4-3-5-10(12)14)8-15-7-2-1-6-11(15)16/h1-7H,8H2. The molecule has 2 aromatic rings. The Hall–Kier alpha value is -1.61. The van der Waals surface area contributed by atoms with Crippen LogP contribution in [-0.4, -0.2) is 4.57 Å². The highest BCUT2D eigenvalue weighted by atomic mass is 35.5. The molecule has 0 N–H and O–H groups in total. The van der Waals surface area contributed by atoms with Crippen LogP contribution >= 0.6 is 11.6 Å². The number of halogens is 2. The zero-order valence-electron chi connectivity index (χ0n) is 8.36. The summed E-state index contributed by atoms with van der Waals surface area (Å²) in [5.74, 6) is -0.469. The van der Waals surface area contributed by atoms with Crippen LogP contribution in [0, 0.1) is 5.82 Å². The molecular weight excluding hydrogens is 229 g/mol. The first kappa shape index (κ1) is 10.9. The number of hydrogen-bond donors (Lipinski definition) is 0. The largest absolute Gasteiger partial charge is 0.311 e. The molecular formula is C12H9ClFNO. The number of nitrogens with zero attached hydrogens (tertiary/aromatic N) is 1. The number of aromatic nitrogens is 1. The van der Waals surface area contributed by atoms with Gasteiger partial charge in [-0.15, -0.1) is 0 Å². The van der Waals surface area contributed by atoms with Gasteiger partial charge in [-0.25, -0.2) is 4.39 Å². The minimum absolute atomic E-state index is 0.0678. The summed E-state index contributed by atoms with van der Waals surface area (Å²) in [6, 6.07) is 9.42. The molecule has 0 aliphatic heterocycles. The van der Waals surface area contributed by atoms with E-state index in [0.29, 0.717) is 5.56 Å². The molecule has 0 saturated carbocycles. The fourth-order valence-electron chi connectivity index (χ4n) is 1.45. The zero-order chi connectivity index (χ0) is 11.5. The first-order chi connectivity index (χ1) is 7.68. The molecule has 2 nitrogen and oxygen atoms in total. The average molecular weight is 238 g/mol. The molecule has 0 unspecified atom stereocenters. The maximum atomic E-state index is 13.2. The smallest absolute Gasteiger partial charge is 0.250 e. The Balaban J connectivity index is 2.38. The average Bonchev–Trinajstić information content (AvgIpc) is 2.28. The van der Waals surface area contributed by atoms with E-state index in [1.807, 2.05) is 0 Å². The summed E-state index contributed by atoms with van der Waals surface area (Å²) in [5, 5.41) is 0.0678. The molecule has 0 aliphatic rings. The van der Waals surface area contributed by atoms with Gasteiger partial charge >= 0.3 is 0 Å².